The van der Waals surface area contributed by atoms with Crippen LogP contribution in [0.3, 0.4) is 0 Å². The van der Waals surface area contributed by atoms with Gasteiger partial charge in [0.2, 0.25) is 35.4 Å². The van der Waals surface area contributed by atoms with E-state index >= 15 is 0 Å². The van der Waals surface area contributed by atoms with Crippen LogP contribution in [0.5, 0.6) is 11.5 Å². The molecule has 0 aliphatic carbocycles. The predicted octanol–water partition coefficient (Wildman–Crippen LogP) is 1.77. The second-order valence-electron chi connectivity index (χ2n) is 16.9. The number of hydrogen-bond donors (Lipinski definition) is 10. The molecule has 364 valence electrons. The Morgan fingerprint density at radius 3 is 1.60 bits per heavy atom. The van der Waals surface area contributed by atoms with Crippen LogP contribution < -0.4 is 53.8 Å². The number of carbonyl (C=O) groups is 7. The summed E-state index contributed by atoms with van der Waals surface area (Å²) in [5.74, 6) is -5.24. The number of unbranched alkanes of at least 4 members (excludes halogenated alkanes) is 1. The van der Waals surface area contributed by atoms with Gasteiger partial charge in [-0.3, -0.25) is 33.8 Å². The first-order valence-electron chi connectivity index (χ1n) is 22.5. The summed E-state index contributed by atoms with van der Waals surface area (Å²) in [5, 5.41) is 26.2. The lowest BCUT2D eigenvalue weighted by Gasteiger charge is -2.29. The quantitative estimate of drug-likeness (QED) is 0.0283. The Labute approximate surface area is 392 Å². The van der Waals surface area contributed by atoms with Crippen molar-refractivity contribution in [3.05, 3.63) is 96.1 Å². The zero-order valence-corrected chi connectivity index (χ0v) is 39.0. The lowest BCUT2D eigenvalue weighted by atomic mass is 9.98. The average Bonchev–Trinajstić information content (AvgIpc) is 3.27. The topological polar surface area (TPSA) is 312 Å². The van der Waals surface area contributed by atoms with Gasteiger partial charge < -0.3 is 58.9 Å². The van der Waals surface area contributed by atoms with Crippen molar-refractivity contribution in [3.63, 3.8) is 0 Å². The third-order valence-electron chi connectivity index (χ3n) is 10.6. The number of para-hydroxylation sites is 1. The van der Waals surface area contributed by atoms with E-state index < -0.39 is 83.6 Å². The van der Waals surface area contributed by atoms with Crippen LogP contribution in [0.4, 0.5) is 0 Å². The molecular weight excluding hydrogens is 861 g/mol. The van der Waals surface area contributed by atoms with Crippen molar-refractivity contribution in [2.24, 2.45) is 34.0 Å². The number of hydrogen-bond acceptors (Lipinski definition) is 10. The zero-order chi connectivity index (χ0) is 49.5. The number of aliphatic carboxylic acids is 1. The lowest BCUT2D eigenvalue weighted by molar-refractivity contribution is -0.142. The van der Waals surface area contributed by atoms with E-state index in [4.69, 9.17) is 21.9 Å². The van der Waals surface area contributed by atoms with E-state index in [-0.39, 0.29) is 50.5 Å². The van der Waals surface area contributed by atoms with E-state index in [0.29, 0.717) is 42.0 Å². The highest BCUT2D eigenvalue weighted by atomic mass is 16.5. The molecule has 0 radical (unpaired) electrons. The normalized spacial score (nSPS) is 13.7. The minimum Gasteiger partial charge on any atom is -0.480 e. The van der Waals surface area contributed by atoms with Crippen LogP contribution in [0.1, 0.15) is 77.8 Å². The van der Waals surface area contributed by atoms with Gasteiger partial charge in [-0.15, -0.1) is 0 Å². The van der Waals surface area contributed by atoms with Crippen molar-refractivity contribution in [3.8, 4) is 11.5 Å². The molecule has 6 atom stereocenters. The predicted molar refractivity (Wildman–Crippen MR) is 254 cm³/mol. The Bertz CT molecular complexity index is 2120. The molecule has 0 unspecified atom stereocenters. The van der Waals surface area contributed by atoms with Crippen molar-refractivity contribution in [2.75, 3.05) is 13.1 Å². The van der Waals surface area contributed by atoms with Crippen LogP contribution in [-0.2, 0) is 46.4 Å². The van der Waals surface area contributed by atoms with Gasteiger partial charge in [-0.2, -0.15) is 0 Å². The smallest absolute Gasteiger partial charge is 0.326 e. The number of nitrogens with two attached hydrogens (primary N) is 3. The Morgan fingerprint density at radius 1 is 0.567 bits per heavy atom. The number of carboxylic acid groups (broad SMARTS) is 1. The minimum absolute atomic E-state index is 0.000455. The fourth-order valence-electron chi connectivity index (χ4n) is 7.00. The van der Waals surface area contributed by atoms with E-state index in [1.54, 1.807) is 94.4 Å². The SMILES string of the molecule is CC(=O)N[C@H](C(=O)N[C@H](C(=O)N[C@@H](CCCN=C(N)N)C(=O)N[C@@H](Cc1ccccc1)C(=O)N[C@@H](Cc1cccc(Oc2ccccc2)c1)C(=O)N[C@@H](CCCCN)C(=O)O)C(C)C)C(C)C. The fourth-order valence-corrected chi connectivity index (χ4v) is 7.00. The molecule has 19 nitrogen and oxygen atoms in total. The third kappa shape index (κ3) is 19.5. The summed E-state index contributed by atoms with van der Waals surface area (Å²) in [5.41, 5.74) is 17.9. The Morgan fingerprint density at radius 2 is 1.04 bits per heavy atom. The Balaban J connectivity index is 2.00. The standard InChI is InChI=1S/C48H68N10O9/c1-29(2)40(53-31(5)59)46(64)58-41(30(3)4)45(63)54-36(23-15-25-52-48(50)51)42(60)56-38(27-32-16-8-6-9-17-32)44(62)57-39(43(61)55-37(47(65)66)22-12-13-24-49)28-33-18-14-21-35(26-33)67-34-19-10-7-11-20-34/h6-11,14,16-21,26,29-30,36-41H,12-13,15,22-25,27-28,49H2,1-5H3,(H,53,59)(H,54,63)(H,55,61)(H,56,60)(H,57,62)(H,58,64)(H,65,66)(H4,50,51,52)/t36-,37-,38-,39-,40-,41-/m0/s1. The van der Waals surface area contributed by atoms with Gasteiger partial charge in [-0.1, -0.05) is 88.4 Å². The van der Waals surface area contributed by atoms with Crippen molar-refractivity contribution in [2.45, 2.75) is 116 Å². The molecule has 0 aromatic heterocycles. The molecule has 0 saturated carbocycles. The molecule has 67 heavy (non-hydrogen) atoms. The molecule has 0 saturated heterocycles. The van der Waals surface area contributed by atoms with E-state index in [1.165, 1.54) is 6.92 Å². The van der Waals surface area contributed by atoms with Gasteiger partial charge in [0, 0.05) is 26.3 Å². The van der Waals surface area contributed by atoms with Gasteiger partial charge in [-0.05, 0) is 85.9 Å². The van der Waals surface area contributed by atoms with Crippen molar-refractivity contribution < 1.29 is 43.4 Å². The van der Waals surface area contributed by atoms with Crippen LogP contribution >= 0.6 is 0 Å². The number of carboxylic acids is 1. The highest BCUT2D eigenvalue weighted by Gasteiger charge is 2.35. The molecule has 3 aromatic rings. The number of carbonyl (C=O) groups excluding carboxylic acids is 6. The Hall–Kier alpha value is -7.02. The second kappa shape index (κ2) is 28.1. The van der Waals surface area contributed by atoms with Crippen LogP contribution in [0.25, 0.3) is 0 Å². The van der Waals surface area contributed by atoms with Gasteiger partial charge in [-0.25, -0.2) is 4.79 Å². The molecule has 0 bridgehead atoms. The number of nitrogens with zero attached hydrogens (tertiary/aromatic N) is 1. The first-order valence-corrected chi connectivity index (χ1v) is 22.5. The van der Waals surface area contributed by atoms with Gasteiger partial charge in [0.05, 0.1) is 0 Å². The molecule has 6 amide bonds. The number of guanidine groups is 1. The Kier molecular flexibility index (Phi) is 22.8. The van der Waals surface area contributed by atoms with Gasteiger partial charge >= 0.3 is 5.97 Å². The number of ether oxygens (including phenoxy) is 1. The van der Waals surface area contributed by atoms with Crippen molar-refractivity contribution in [1.29, 1.82) is 0 Å². The summed E-state index contributed by atoms with van der Waals surface area (Å²) in [7, 11) is 0. The highest BCUT2D eigenvalue weighted by Crippen LogP contribution is 2.23. The van der Waals surface area contributed by atoms with E-state index in [9.17, 15) is 38.7 Å². The summed E-state index contributed by atoms with van der Waals surface area (Å²) in [4.78, 5) is 98.6. The van der Waals surface area contributed by atoms with E-state index in [2.05, 4.69) is 36.9 Å². The van der Waals surface area contributed by atoms with Crippen LogP contribution in [0.15, 0.2) is 89.9 Å². The van der Waals surface area contributed by atoms with E-state index in [1.807, 2.05) is 18.2 Å². The summed E-state index contributed by atoms with van der Waals surface area (Å²) in [6, 6.07) is 17.4. The van der Waals surface area contributed by atoms with Crippen LogP contribution in [-0.4, -0.2) is 102 Å². The molecule has 3 rings (SSSR count). The van der Waals surface area contributed by atoms with Gasteiger partial charge in [0.1, 0.15) is 47.8 Å². The summed E-state index contributed by atoms with van der Waals surface area (Å²) < 4.78 is 6.01. The maximum absolute atomic E-state index is 14.5. The number of benzene rings is 3. The van der Waals surface area contributed by atoms with Gasteiger partial charge in [0.25, 0.3) is 0 Å². The molecular formula is C48H68N10O9. The molecule has 0 fully saturated rings. The first-order chi connectivity index (χ1) is 31.9. The largest absolute Gasteiger partial charge is 0.480 e. The molecule has 19 heteroatoms. The molecule has 13 N–H and O–H groups in total. The van der Waals surface area contributed by atoms with Gasteiger partial charge in [0.15, 0.2) is 5.96 Å². The zero-order valence-electron chi connectivity index (χ0n) is 39.0. The monoisotopic (exact) mass is 929 g/mol. The van der Waals surface area contributed by atoms with Crippen molar-refractivity contribution >= 4 is 47.4 Å². The summed E-state index contributed by atoms with van der Waals surface area (Å²) in [6.45, 7) is 8.63. The highest BCUT2D eigenvalue weighted by molar-refractivity contribution is 5.97. The molecule has 0 aliphatic heterocycles. The number of aliphatic imine (C=N–C) groups is 1. The van der Waals surface area contributed by atoms with Crippen LogP contribution in [0, 0.1) is 11.8 Å². The number of nitrogens with one attached hydrogen (secondary N) is 6. The van der Waals surface area contributed by atoms with E-state index in [0.717, 1.165) is 0 Å². The molecule has 3 aromatic carbocycles. The lowest BCUT2D eigenvalue weighted by Crippen LogP contribution is -2.61. The fraction of sp³-hybridized carbons (Fsp3) is 0.458. The molecule has 0 spiro atoms. The van der Waals surface area contributed by atoms with Crippen LogP contribution in [0.2, 0.25) is 0 Å². The number of rotatable bonds is 28. The minimum atomic E-state index is -1.34. The summed E-state index contributed by atoms with van der Waals surface area (Å²) >= 11 is 0. The second-order valence-corrected chi connectivity index (χ2v) is 16.9. The van der Waals surface area contributed by atoms with Crippen molar-refractivity contribution in [1.82, 2.24) is 31.9 Å². The summed E-state index contributed by atoms with van der Waals surface area (Å²) in [6.07, 6.45) is 1.12. The third-order valence-corrected chi connectivity index (χ3v) is 10.6. The molecule has 0 heterocycles. The maximum atomic E-state index is 14.5. The number of amides is 6. The maximum Gasteiger partial charge on any atom is 0.326 e. The first kappa shape index (κ1) is 54.3. The molecule has 0 aliphatic rings. The average molecular weight is 929 g/mol.